The molecule has 0 atom stereocenters. The normalized spacial score (nSPS) is 15.8. The second-order valence-corrected chi connectivity index (χ2v) is 5.00. The van der Waals surface area contributed by atoms with Gasteiger partial charge in [-0.15, -0.1) is 0 Å². The van der Waals surface area contributed by atoms with E-state index >= 15 is 0 Å². The fourth-order valence-electron chi connectivity index (χ4n) is 1.27. The molecular formula is C9H4ClF14NO. The standard InChI is InChI=1S/C9H4ClF14NO/c1-25-2(26)3(11,12)4(13,14)5(15,16)6(17,18)7(19,20)8(21,22)9(10,23)24/h1H3,(H,25,26). The molecule has 0 radical (unpaired) electrons. The zero-order chi connectivity index (χ0) is 21.8. The van der Waals surface area contributed by atoms with Gasteiger partial charge in [0.05, 0.1) is 0 Å². The molecule has 0 rings (SSSR count). The number of carbonyl (C=O) groups is 1. The monoisotopic (exact) mass is 443 g/mol. The Balaban J connectivity index is 6.56. The summed E-state index contributed by atoms with van der Waals surface area (Å²) in [5.74, 6) is -50.0. The number of alkyl halides is 15. The summed E-state index contributed by atoms with van der Waals surface area (Å²) in [6.45, 7) is 0. The maximum atomic E-state index is 13.1. The summed E-state index contributed by atoms with van der Waals surface area (Å²) >= 11 is 3.40. The summed E-state index contributed by atoms with van der Waals surface area (Å²) < 4.78 is 180. The highest BCUT2D eigenvalue weighted by Crippen LogP contribution is 2.62. The van der Waals surface area contributed by atoms with Crippen LogP contribution in [0.2, 0.25) is 0 Å². The number of nitrogens with one attached hydrogen (secondary N) is 1. The molecule has 0 aliphatic carbocycles. The molecule has 17 heteroatoms. The first kappa shape index (κ1) is 24.8. The Kier molecular flexibility index (Phi) is 5.87. The highest BCUT2D eigenvalue weighted by Gasteiger charge is 2.93. The van der Waals surface area contributed by atoms with Crippen molar-refractivity contribution in [3.63, 3.8) is 0 Å². The van der Waals surface area contributed by atoms with Gasteiger partial charge in [-0.2, -0.15) is 61.5 Å². The average molecular weight is 444 g/mol. The van der Waals surface area contributed by atoms with E-state index in [0.717, 1.165) is 0 Å². The first-order valence-electron chi connectivity index (χ1n) is 5.54. The zero-order valence-corrected chi connectivity index (χ0v) is 12.3. The Labute approximate surface area is 138 Å². The first-order valence-corrected chi connectivity index (χ1v) is 5.92. The second kappa shape index (κ2) is 6.15. The minimum absolute atomic E-state index is 0.111. The van der Waals surface area contributed by atoms with Gasteiger partial charge in [-0.25, -0.2) is 0 Å². The molecule has 0 aromatic rings. The molecule has 1 amide bonds. The van der Waals surface area contributed by atoms with E-state index < -0.39 is 46.8 Å². The fraction of sp³-hybridized carbons (Fsp3) is 0.889. The van der Waals surface area contributed by atoms with E-state index in [1.807, 2.05) is 0 Å². The number of carbonyl (C=O) groups excluding carboxylic acids is 1. The molecule has 0 unspecified atom stereocenters. The van der Waals surface area contributed by atoms with Crippen LogP contribution in [0.15, 0.2) is 0 Å². The van der Waals surface area contributed by atoms with E-state index in [2.05, 4.69) is 11.6 Å². The molecule has 156 valence electrons. The van der Waals surface area contributed by atoms with E-state index in [9.17, 15) is 66.3 Å². The van der Waals surface area contributed by atoms with Crippen molar-refractivity contribution in [2.45, 2.75) is 40.9 Å². The van der Waals surface area contributed by atoms with E-state index in [1.165, 1.54) is 0 Å². The minimum atomic E-state index is -8.23. The lowest BCUT2D eigenvalue weighted by molar-refractivity contribution is -0.431. The smallest absolute Gasteiger partial charge is 0.354 e. The van der Waals surface area contributed by atoms with Crippen molar-refractivity contribution in [2.24, 2.45) is 0 Å². The van der Waals surface area contributed by atoms with Crippen molar-refractivity contribution in [1.29, 1.82) is 0 Å². The number of rotatable bonds is 7. The Hall–Kier alpha value is -1.22. The van der Waals surface area contributed by atoms with Crippen molar-refractivity contribution in [3.8, 4) is 0 Å². The summed E-state index contributed by atoms with van der Waals surface area (Å²) in [4.78, 5) is 10.5. The van der Waals surface area contributed by atoms with Crippen LogP contribution in [-0.2, 0) is 4.79 Å². The first-order chi connectivity index (χ1) is 11.0. The maximum absolute atomic E-state index is 13.1. The Morgan fingerprint density at radius 2 is 0.885 bits per heavy atom. The highest BCUT2D eigenvalue weighted by molar-refractivity contribution is 6.22. The number of amides is 1. The van der Waals surface area contributed by atoms with Crippen LogP contribution in [0.25, 0.3) is 0 Å². The second-order valence-electron chi connectivity index (χ2n) is 4.52. The summed E-state index contributed by atoms with van der Waals surface area (Å²) in [6, 6.07) is 0. The molecule has 0 aromatic carbocycles. The summed E-state index contributed by atoms with van der Waals surface area (Å²) in [5.41, 5.74) is 0. The van der Waals surface area contributed by atoms with Crippen LogP contribution >= 0.6 is 11.6 Å². The summed E-state index contributed by atoms with van der Waals surface area (Å²) in [7, 11) is 0.111. The highest BCUT2D eigenvalue weighted by atomic mass is 35.5. The van der Waals surface area contributed by atoms with Crippen molar-refractivity contribution in [3.05, 3.63) is 0 Å². The van der Waals surface area contributed by atoms with Crippen molar-refractivity contribution in [1.82, 2.24) is 5.32 Å². The largest absolute Gasteiger partial charge is 0.393 e. The van der Waals surface area contributed by atoms with Crippen LogP contribution in [0.5, 0.6) is 0 Å². The van der Waals surface area contributed by atoms with Crippen LogP contribution in [0.4, 0.5) is 61.5 Å². The Bertz CT molecular complexity index is 553. The van der Waals surface area contributed by atoms with Crippen molar-refractivity contribution in [2.75, 3.05) is 7.05 Å². The van der Waals surface area contributed by atoms with Gasteiger partial charge in [0.2, 0.25) is 0 Å². The zero-order valence-electron chi connectivity index (χ0n) is 11.6. The van der Waals surface area contributed by atoms with Crippen LogP contribution in [-0.4, -0.2) is 53.9 Å². The third kappa shape index (κ3) is 2.93. The number of halogens is 15. The Morgan fingerprint density at radius 3 is 1.15 bits per heavy atom. The third-order valence-corrected chi connectivity index (χ3v) is 3.08. The molecule has 0 spiro atoms. The molecule has 0 heterocycles. The van der Waals surface area contributed by atoms with Gasteiger partial charge in [-0.05, 0) is 11.6 Å². The van der Waals surface area contributed by atoms with Gasteiger partial charge < -0.3 is 5.32 Å². The lowest BCUT2D eigenvalue weighted by atomic mass is 9.91. The molecule has 0 saturated carbocycles. The van der Waals surface area contributed by atoms with Gasteiger partial charge >= 0.3 is 40.9 Å². The molecule has 0 saturated heterocycles. The van der Waals surface area contributed by atoms with Gasteiger partial charge in [0.1, 0.15) is 0 Å². The van der Waals surface area contributed by atoms with E-state index in [1.54, 1.807) is 0 Å². The fourth-order valence-corrected chi connectivity index (χ4v) is 1.38. The van der Waals surface area contributed by atoms with Gasteiger partial charge in [0.15, 0.2) is 0 Å². The molecule has 2 nitrogen and oxygen atoms in total. The van der Waals surface area contributed by atoms with Crippen LogP contribution in [0.1, 0.15) is 0 Å². The van der Waals surface area contributed by atoms with Crippen LogP contribution in [0.3, 0.4) is 0 Å². The van der Waals surface area contributed by atoms with Gasteiger partial charge in [0.25, 0.3) is 5.91 Å². The predicted octanol–water partition coefficient (Wildman–Crippen LogP) is 4.38. The van der Waals surface area contributed by atoms with E-state index in [-0.39, 0.29) is 7.05 Å². The van der Waals surface area contributed by atoms with Crippen LogP contribution in [0, 0.1) is 0 Å². The number of hydrogen-bond acceptors (Lipinski definition) is 1. The molecule has 1 N–H and O–H groups in total. The SMILES string of the molecule is CNC(=O)C(F)(F)C(F)(F)C(F)(F)C(F)(F)C(F)(F)C(F)(F)C(F)(F)Cl. The third-order valence-electron chi connectivity index (χ3n) is 2.84. The maximum Gasteiger partial charge on any atom is 0.393 e. The van der Waals surface area contributed by atoms with E-state index in [4.69, 9.17) is 0 Å². The van der Waals surface area contributed by atoms with Crippen LogP contribution < -0.4 is 5.32 Å². The molecule has 0 aromatic heterocycles. The summed E-state index contributed by atoms with van der Waals surface area (Å²) in [5, 5.41) is -6.08. The van der Waals surface area contributed by atoms with E-state index in [0.29, 0.717) is 5.32 Å². The predicted molar refractivity (Wildman–Crippen MR) is 54.5 cm³/mol. The number of hydrogen-bond donors (Lipinski definition) is 1. The van der Waals surface area contributed by atoms with Crippen molar-refractivity contribution >= 4 is 17.5 Å². The quantitative estimate of drug-likeness (QED) is 0.459. The molecule has 0 aliphatic rings. The molecular weight excluding hydrogens is 440 g/mol. The lowest BCUT2D eigenvalue weighted by Crippen LogP contribution is -2.73. The molecule has 26 heavy (non-hydrogen) atoms. The minimum Gasteiger partial charge on any atom is -0.354 e. The average Bonchev–Trinajstić information content (AvgIpc) is 2.43. The van der Waals surface area contributed by atoms with Crippen molar-refractivity contribution < 1.29 is 66.3 Å². The van der Waals surface area contributed by atoms with Gasteiger partial charge in [-0.3, -0.25) is 4.79 Å². The Morgan fingerprint density at radius 1 is 0.615 bits per heavy atom. The molecule has 0 bridgehead atoms. The van der Waals surface area contributed by atoms with Gasteiger partial charge in [0, 0.05) is 7.05 Å². The van der Waals surface area contributed by atoms with Gasteiger partial charge in [-0.1, -0.05) is 0 Å². The topological polar surface area (TPSA) is 29.1 Å². The lowest BCUT2D eigenvalue weighted by Gasteiger charge is -2.41. The molecule has 0 aliphatic heterocycles. The molecule has 0 fully saturated rings. The summed E-state index contributed by atoms with van der Waals surface area (Å²) in [6.07, 6.45) is 0.